The number of nitrogens with one attached hydrogen (secondary N) is 1. The summed E-state index contributed by atoms with van der Waals surface area (Å²) < 4.78 is 12.1. The molecule has 3 saturated heterocycles. The number of amides is 1. The highest BCUT2D eigenvalue weighted by Gasteiger charge is 2.38. The zero-order valence-electron chi connectivity index (χ0n) is 21.8. The SMILES string of the molecule is CC#CC(=O)N1CC(N2CCC(c3cc4c(c(C)n3)O[C@H](C)c3c(N5CCOCC5)ccnc3N4)C2)C1. The lowest BCUT2D eigenvalue weighted by Crippen LogP contribution is -2.60. The number of aryl methyl sites for hydroxylation is 1. The third-order valence-corrected chi connectivity index (χ3v) is 7.97. The fraction of sp³-hybridized carbons (Fsp3) is 0.536. The Morgan fingerprint density at radius 3 is 2.78 bits per heavy atom. The Kier molecular flexibility index (Phi) is 6.39. The van der Waals surface area contributed by atoms with Gasteiger partial charge >= 0.3 is 0 Å². The first-order valence-electron chi connectivity index (χ1n) is 13.2. The van der Waals surface area contributed by atoms with E-state index in [1.165, 1.54) is 0 Å². The second-order valence-corrected chi connectivity index (χ2v) is 10.3. The Bertz CT molecular complexity index is 1260. The maximum atomic E-state index is 12.0. The fourth-order valence-electron chi connectivity index (χ4n) is 5.94. The summed E-state index contributed by atoms with van der Waals surface area (Å²) in [6.45, 7) is 12.5. The third kappa shape index (κ3) is 4.49. The minimum atomic E-state index is -0.162. The van der Waals surface area contributed by atoms with Crippen LogP contribution in [-0.2, 0) is 9.53 Å². The van der Waals surface area contributed by atoms with Crippen molar-refractivity contribution < 1.29 is 14.3 Å². The number of pyridine rings is 2. The van der Waals surface area contributed by atoms with E-state index in [1.807, 2.05) is 18.0 Å². The van der Waals surface area contributed by atoms with E-state index in [-0.39, 0.29) is 12.0 Å². The molecule has 0 radical (unpaired) electrons. The average molecular weight is 503 g/mol. The maximum Gasteiger partial charge on any atom is 0.298 e. The van der Waals surface area contributed by atoms with Gasteiger partial charge in [-0.1, -0.05) is 5.92 Å². The van der Waals surface area contributed by atoms with Crippen LogP contribution in [0.25, 0.3) is 0 Å². The van der Waals surface area contributed by atoms with Gasteiger partial charge in [0, 0.05) is 62.3 Å². The van der Waals surface area contributed by atoms with E-state index in [1.54, 1.807) is 6.92 Å². The van der Waals surface area contributed by atoms with Crippen LogP contribution in [0.1, 0.15) is 49.2 Å². The Morgan fingerprint density at radius 1 is 1.19 bits per heavy atom. The van der Waals surface area contributed by atoms with E-state index < -0.39 is 0 Å². The Labute approximate surface area is 218 Å². The minimum Gasteiger partial charge on any atom is -0.482 e. The number of ether oxygens (including phenoxy) is 2. The quantitative estimate of drug-likeness (QED) is 0.642. The van der Waals surface area contributed by atoms with Gasteiger partial charge in [-0.05, 0) is 51.8 Å². The lowest BCUT2D eigenvalue weighted by molar-refractivity contribution is -0.131. The van der Waals surface area contributed by atoms with Gasteiger partial charge in [-0.3, -0.25) is 14.7 Å². The zero-order chi connectivity index (χ0) is 25.5. The van der Waals surface area contributed by atoms with Gasteiger partial charge in [-0.15, -0.1) is 0 Å². The van der Waals surface area contributed by atoms with Crippen LogP contribution in [0.5, 0.6) is 5.75 Å². The molecule has 194 valence electrons. The largest absolute Gasteiger partial charge is 0.482 e. The molecule has 4 aliphatic heterocycles. The maximum absolute atomic E-state index is 12.0. The molecule has 6 rings (SSSR count). The second-order valence-electron chi connectivity index (χ2n) is 10.3. The van der Waals surface area contributed by atoms with Gasteiger partial charge in [0.25, 0.3) is 5.91 Å². The van der Waals surface area contributed by atoms with E-state index in [4.69, 9.17) is 19.4 Å². The average Bonchev–Trinajstić information content (AvgIpc) is 3.29. The van der Waals surface area contributed by atoms with Gasteiger partial charge in [0.1, 0.15) is 11.9 Å². The molecule has 2 atom stereocenters. The number of carbonyl (C=O) groups excluding carboxylic acids is 1. The predicted molar refractivity (Wildman–Crippen MR) is 141 cm³/mol. The van der Waals surface area contributed by atoms with Crippen molar-refractivity contribution in [3.8, 4) is 17.6 Å². The van der Waals surface area contributed by atoms with E-state index in [0.29, 0.717) is 12.0 Å². The Balaban J connectivity index is 1.21. The van der Waals surface area contributed by atoms with Crippen molar-refractivity contribution in [2.45, 2.75) is 45.3 Å². The molecule has 3 fully saturated rings. The van der Waals surface area contributed by atoms with Crippen LogP contribution >= 0.6 is 0 Å². The summed E-state index contributed by atoms with van der Waals surface area (Å²) in [7, 11) is 0. The molecule has 1 amide bonds. The summed E-state index contributed by atoms with van der Waals surface area (Å²) in [6.07, 6.45) is 2.76. The van der Waals surface area contributed by atoms with Gasteiger partial charge in [0.15, 0.2) is 5.75 Å². The Hall–Kier alpha value is -3.35. The monoisotopic (exact) mass is 502 g/mol. The van der Waals surface area contributed by atoms with Gasteiger partial charge in [-0.2, -0.15) is 0 Å². The molecule has 0 spiro atoms. The van der Waals surface area contributed by atoms with Crippen LogP contribution in [0.4, 0.5) is 17.2 Å². The molecule has 1 unspecified atom stereocenters. The van der Waals surface area contributed by atoms with Gasteiger partial charge in [0.05, 0.1) is 30.2 Å². The van der Waals surface area contributed by atoms with Crippen molar-refractivity contribution in [2.75, 3.05) is 62.7 Å². The number of rotatable bonds is 3. The number of carbonyl (C=O) groups is 1. The smallest absolute Gasteiger partial charge is 0.298 e. The van der Waals surface area contributed by atoms with E-state index >= 15 is 0 Å². The standard InChI is InChI=1S/C28H34N6O3/c1-4-5-25(35)34-16-21(17-34)33-9-7-20(15-33)22-14-23-27(18(2)30-22)37-19(3)26-24(6-8-29-28(26)31-23)32-10-12-36-13-11-32/h6,8,14,19-21H,7,9-13,15-17H2,1-3H3,(H,29,31)/t19-,20?/m1/s1. The molecule has 0 aromatic carbocycles. The summed E-state index contributed by atoms with van der Waals surface area (Å²) in [5, 5.41) is 3.60. The first-order valence-corrected chi connectivity index (χ1v) is 13.2. The molecule has 0 bridgehead atoms. The van der Waals surface area contributed by atoms with Crippen molar-refractivity contribution >= 4 is 23.1 Å². The number of morpholine rings is 1. The summed E-state index contributed by atoms with van der Waals surface area (Å²) in [5.74, 6) is 7.26. The molecule has 0 saturated carbocycles. The van der Waals surface area contributed by atoms with Crippen molar-refractivity contribution in [3.63, 3.8) is 0 Å². The highest BCUT2D eigenvalue weighted by molar-refractivity contribution is 5.94. The van der Waals surface area contributed by atoms with Crippen molar-refractivity contribution in [1.29, 1.82) is 0 Å². The van der Waals surface area contributed by atoms with Crippen molar-refractivity contribution in [3.05, 3.63) is 35.3 Å². The summed E-state index contributed by atoms with van der Waals surface area (Å²) in [5.41, 5.74) is 5.13. The Morgan fingerprint density at radius 2 is 2.00 bits per heavy atom. The number of aromatic nitrogens is 2. The topological polar surface area (TPSA) is 83.1 Å². The van der Waals surface area contributed by atoms with Crippen molar-refractivity contribution in [2.24, 2.45) is 0 Å². The summed E-state index contributed by atoms with van der Waals surface area (Å²) in [6, 6.07) is 4.64. The molecule has 9 heteroatoms. The molecule has 9 nitrogen and oxygen atoms in total. The lowest BCUT2D eigenvalue weighted by Gasteiger charge is -2.43. The van der Waals surface area contributed by atoms with E-state index in [0.717, 1.165) is 98.8 Å². The van der Waals surface area contributed by atoms with Gasteiger partial charge < -0.3 is 24.6 Å². The van der Waals surface area contributed by atoms with E-state index in [9.17, 15) is 4.79 Å². The van der Waals surface area contributed by atoms with Gasteiger partial charge in [-0.25, -0.2) is 4.98 Å². The van der Waals surface area contributed by atoms with E-state index in [2.05, 4.69) is 46.0 Å². The summed E-state index contributed by atoms with van der Waals surface area (Å²) in [4.78, 5) is 28.4. The zero-order valence-corrected chi connectivity index (χ0v) is 21.8. The molecular formula is C28H34N6O3. The number of likely N-dealkylation sites (tertiary alicyclic amines) is 2. The fourth-order valence-corrected chi connectivity index (χ4v) is 5.94. The first-order chi connectivity index (χ1) is 18.0. The number of hydrogen-bond acceptors (Lipinski definition) is 8. The van der Waals surface area contributed by atoms with Crippen LogP contribution in [0, 0.1) is 18.8 Å². The molecule has 4 aliphatic rings. The molecule has 2 aromatic rings. The molecule has 6 heterocycles. The minimum absolute atomic E-state index is 0.0662. The molecule has 2 aromatic heterocycles. The highest BCUT2D eigenvalue weighted by Crippen LogP contribution is 2.44. The molecule has 1 N–H and O–H groups in total. The van der Waals surface area contributed by atoms with Crippen LogP contribution in [0.3, 0.4) is 0 Å². The van der Waals surface area contributed by atoms with Crippen LogP contribution in [0.2, 0.25) is 0 Å². The number of hydrogen-bond donors (Lipinski definition) is 1. The number of anilines is 3. The van der Waals surface area contributed by atoms with Crippen LogP contribution in [-0.4, -0.2) is 84.2 Å². The van der Waals surface area contributed by atoms with Crippen LogP contribution in [0.15, 0.2) is 18.3 Å². The normalized spacial score (nSPS) is 23.5. The molecular weight excluding hydrogens is 468 g/mol. The van der Waals surface area contributed by atoms with Crippen molar-refractivity contribution in [1.82, 2.24) is 19.8 Å². The third-order valence-electron chi connectivity index (χ3n) is 7.97. The highest BCUT2D eigenvalue weighted by atomic mass is 16.5. The second kappa shape index (κ2) is 9.84. The first kappa shape index (κ1) is 24.0. The lowest BCUT2D eigenvalue weighted by atomic mass is 10.0. The molecule has 37 heavy (non-hydrogen) atoms. The van der Waals surface area contributed by atoms with Gasteiger partial charge in [0.2, 0.25) is 0 Å². The van der Waals surface area contributed by atoms with Crippen LogP contribution < -0.4 is 15.0 Å². The molecule has 0 aliphatic carbocycles. The number of nitrogens with zero attached hydrogens (tertiary/aromatic N) is 5. The number of fused-ring (bicyclic) bond motifs is 2. The predicted octanol–water partition coefficient (Wildman–Crippen LogP) is 2.84. The summed E-state index contributed by atoms with van der Waals surface area (Å²) >= 11 is 0.